The maximum Gasteiger partial charge on any atom is 0.573 e. The zero-order chi connectivity index (χ0) is 12.9. The van der Waals surface area contributed by atoms with Gasteiger partial charge in [0.1, 0.15) is 0 Å². The van der Waals surface area contributed by atoms with Crippen LogP contribution < -0.4 is 10.1 Å². The minimum absolute atomic E-state index is 0.244. The standard InChI is InChI=1S/C11H9BrF3NO/c1-2-3-6-16-9-5-4-8(12)7-10(9)17-11(13,14)15/h4-5,7,16H,6H2,1H3. The van der Waals surface area contributed by atoms with Gasteiger partial charge >= 0.3 is 6.36 Å². The van der Waals surface area contributed by atoms with Gasteiger partial charge in [0.25, 0.3) is 0 Å². The van der Waals surface area contributed by atoms with E-state index in [1.54, 1.807) is 13.0 Å². The molecule has 6 heteroatoms. The molecule has 0 saturated heterocycles. The van der Waals surface area contributed by atoms with Crippen molar-refractivity contribution in [1.82, 2.24) is 0 Å². The summed E-state index contributed by atoms with van der Waals surface area (Å²) in [4.78, 5) is 0. The third kappa shape index (κ3) is 5.00. The molecular formula is C11H9BrF3NO. The molecule has 92 valence electrons. The molecule has 1 N–H and O–H groups in total. The lowest BCUT2D eigenvalue weighted by molar-refractivity contribution is -0.274. The molecule has 0 fully saturated rings. The summed E-state index contributed by atoms with van der Waals surface area (Å²) in [5.74, 6) is 5.04. The molecule has 0 aliphatic heterocycles. The van der Waals surface area contributed by atoms with Crippen LogP contribution in [-0.4, -0.2) is 12.9 Å². The van der Waals surface area contributed by atoms with Gasteiger partial charge in [-0.05, 0) is 25.1 Å². The van der Waals surface area contributed by atoms with Crippen molar-refractivity contribution >= 4 is 21.6 Å². The molecule has 0 spiro atoms. The number of nitrogens with one attached hydrogen (secondary N) is 1. The Morgan fingerprint density at radius 2 is 2.12 bits per heavy atom. The normalized spacial score (nSPS) is 10.4. The molecule has 0 atom stereocenters. The Bertz CT molecular complexity index is 448. The van der Waals surface area contributed by atoms with Crippen LogP contribution in [-0.2, 0) is 0 Å². The molecule has 2 nitrogen and oxygen atoms in total. The van der Waals surface area contributed by atoms with Crippen molar-refractivity contribution in [3.05, 3.63) is 22.7 Å². The second-order valence-corrected chi connectivity index (χ2v) is 3.88. The third-order valence-electron chi connectivity index (χ3n) is 1.71. The summed E-state index contributed by atoms with van der Waals surface area (Å²) in [5, 5.41) is 2.74. The maximum absolute atomic E-state index is 12.1. The Kier molecular flexibility index (Phi) is 4.70. The van der Waals surface area contributed by atoms with Crippen molar-refractivity contribution in [2.24, 2.45) is 0 Å². The SMILES string of the molecule is CC#CCNc1ccc(Br)cc1OC(F)(F)F. The zero-order valence-corrected chi connectivity index (χ0v) is 10.4. The molecule has 0 radical (unpaired) electrons. The van der Waals surface area contributed by atoms with Crippen LogP contribution in [0.3, 0.4) is 0 Å². The van der Waals surface area contributed by atoms with Crippen molar-refractivity contribution in [1.29, 1.82) is 0 Å². The number of alkyl halides is 3. The van der Waals surface area contributed by atoms with Crippen LogP contribution in [0.15, 0.2) is 22.7 Å². The van der Waals surface area contributed by atoms with Crippen LogP contribution in [0, 0.1) is 11.8 Å². The monoisotopic (exact) mass is 307 g/mol. The minimum Gasteiger partial charge on any atom is -0.404 e. The van der Waals surface area contributed by atoms with Gasteiger partial charge < -0.3 is 10.1 Å². The number of hydrogen-bond donors (Lipinski definition) is 1. The highest BCUT2D eigenvalue weighted by molar-refractivity contribution is 9.10. The summed E-state index contributed by atoms with van der Waals surface area (Å²) in [6, 6.07) is 4.35. The van der Waals surface area contributed by atoms with Gasteiger partial charge in [-0.2, -0.15) is 0 Å². The predicted octanol–water partition coefficient (Wildman–Crippen LogP) is 3.78. The number of hydrogen-bond acceptors (Lipinski definition) is 2. The average molecular weight is 308 g/mol. The van der Waals surface area contributed by atoms with Crippen LogP contribution in [0.25, 0.3) is 0 Å². The van der Waals surface area contributed by atoms with Crippen LogP contribution in [0.5, 0.6) is 5.75 Å². The number of rotatable bonds is 3. The smallest absolute Gasteiger partial charge is 0.404 e. The fourth-order valence-electron chi connectivity index (χ4n) is 1.08. The van der Waals surface area contributed by atoms with E-state index in [9.17, 15) is 13.2 Å². The van der Waals surface area contributed by atoms with Crippen LogP contribution in [0.1, 0.15) is 6.92 Å². The van der Waals surface area contributed by atoms with Gasteiger partial charge in [-0.3, -0.25) is 0 Å². The van der Waals surface area contributed by atoms with E-state index in [4.69, 9.17) is 0 Å². The number of anilines is 1. The molecule has 0 aromatic heterocycles. The second-order valence-electron chi connectivity index (χ2n) is 2.97. The largest absolute Gasteiger partial charge is 0.573 e. The van der Waals surface area contributed by atoms with Crippen molar-refractivity contribution in [3.63, 3.8) is 0 Å². The molecule has 1 aromatic rings. The topological polar surface area (TPSA) is 21.3 Å². The molecule has 0 aliphatic rings. The Balaban J connectivity index is 2.90. The first-order valence-corrected chi connectivity index (χ1v) is 5.40. The third-order valence-corrected chi connectivity index (χ3v) is 2.21. The maximum atomic E-state index is 12.1. The molecule has 1 rings (SSSR count). The summed E-state index contributed by atoms with van der Waals surface area (Å²) < 4.78 is 40.9. The predicted molar refractivity (Wildman–Crippen MR) is 62.8 cm³/mol. The van der Waals surface area contributed by atoms with Crippen molar-refractivity contribution in [2.75, 3.05) is 11.9 Å². The zero-order valence-electron chi connectivity index (χ0n) is 8.86. The molecule has 0 heterocycles. The number of benzene rings is 1. The lowest BCUT2D eigenvalue weighted by Crippen LogP contribution is -2.18. The van der Waals surface area contributed by atoms with Crippen LogP contribution >= 0.6 is 15.9 Å². The summed E-state index contributed by atoms with van der Waals surface area (Å²) in [5.41, 5.74) is 0.244. The second kappa shape index (κ2) is 5.82. The Labute approximate surface area is 105 Å². The van der Waals surface area contributed by atoms with Crippen LogP contribution in [0.4, 0.5) is 18.9 Å². The van der Waals surface area contributed by atoms with Gasteiger partial charge in [-0.1, -0.05) is 21.9 Å². The molecule has 0 aliphatic carbocycles. The molecule has 0 bridgehead atoms. The van der Waals surface area contributed by atoms with Gasteiger partial charge in [0.05, 0.1) is 12.2 Å². The van der Waals surface area contributed by atoms with Crippen molar-refractivity contribution in [2.45, 2.75) is 13.3 Å². The van der Waals surface area contributed by atoms with E-state index in [-0.39, 0.29) is 18.0 Å². The highest BCUT2D eigenvalue weighted by atomic mass is 79.9. The lowest BCUT2D eigenvalue weighted by atomic mass is 10.3. The van der Waals surface area contributed by atoms with E-state index >= 15 is 0 Å². The summed E-state index contributed by atoms with van der Waals surface area (Å²) in [7, 11) is 0. The van der Waals surface area contributed by atoms with Crippen molar-refractivity contribution < 1.29 is 17.9 Å². The first-order valence-electron chi connectivity index (χ1n) is 4.61. The summed E-state index contributed by atoms with van der Waals surface area (Å²) in [6.45, 7) is 1.91. The molecule has 0 unspecified atom stereocenters. The van der Waals surface area contributed by atoms with Gasteiger partial charge in [0, 0.05) is 4.47 Å². The van der Waals surface area contributed by atoms with Gasteiger partial charge in [-0.15, -0.1) is 19.1 Å². The van der Waals surface area contributed by atoms with Gasteiger partial charge in [0.2, 0.25) is 0 Å². The Hall–Kier alpha value is -1.35. The van der Waals surface area contributed by atoms with E-state index in [0.29, 0.717) is 4.47 Å². The first kappa shape index (κ1) is 13.7. The lowest BCUT2D eigenvalue weighted by Gasteiger charge is -2.13. The molecule has 17 heavy (non-hydrogen) atoms. The van der Waals surface area contributed by atoms with E-state index in [2.05, 4.69) is 37.8 Å². The van der Waals surface area contributed by atoms with E-state index in [1.807, 2.05) is 0 Å². The molecular weight excluding hydrogens is 299 g/mol. The first-order chi connectivity index (χ1) is 7.92. The highest BCUT2D eigenvalue weighted by Gasteiger charge is 2.32. The summed E-state index contributed by atoms with van der Waals surface area (Å²) in [6.07, 6.45) is -4.71. The van der Waals surface area contributed by atoms with Gasteiger partial charge in [0.15, 0.2) is 5.75 Å². The van der Waals surface area contributed by atoms with E-state index in [1.165, 1.54) is 12.1 Å². The number of halogens is 4. The van der Waals surface area contributed by atoms with E-state index in [0.717, 1.165) is 0 Å². The van der Waals surface area contributed by atoms with Gasteiger partial charge in [-0.25, -0.2) is 0 Å². The minimum atomic E-state index is -4.71. The van der Waals surface area contributed by atoms with Crippen LogP contribution in [0.2, 0.25) is 0 Å². The molecule has 1 aromatic carbocycles. The molecule has 0 amide bonds. The van der Waals surface area contributed by atoms with Crippen molar-refractivity contribution in [3.8, 4) is 17.6 Å². The average Bonchev–Trinajstić information content (AvgIpc) is 2.19. The number of ether oxygens (including phenoxy) is 1. The van der Waals surface area contributed by atoms with E-state index < -0.39 is 6.36 Å². The fourth-order valence-corrected chi connectivity index (χ4v) is 1.42. The Morgan fingerprint density at radius 3 is 2.71 bits per heavy atom. The fraction of sp³-hybridized carbons (Fsp3) is 0.273. The quantitative estimate of drug-likeness (QED) is 0.858. The Morgan fingerprint density at radius 1 is 1.41 bits per heavy atom. The summed E-state index contributed by atoms with van der Waals surface area (Å²) >= 11 is 3.08. The highest BCUT2D eigenvalue weighted by Crippen LogP contribution is 2.32. The molecule has 0 saturated carbocycles.